The minimum atomic E-state index is -0.579. The molecule has 0 radical (unpaired) electrons. The Morgan fingerprint density at radius 1 is 1.28 bits per heavy atom. The number of ether oxygens (including phenoxy) is 1. The first-order chi connectivity index (χ1) is 8.33. The van der Waals surface area contributed by atoms with Crippen LogP contribution in [0.15, 0.2) is 12.1 Å². The summed E-state index contributed by atoms with van der Waals surface area (Å²) in [5.74, 6) is -1.19. The van der Waals surface area contributed by atoms with E-state index in [9.17, 15) is 8.78 Å². The van der Waals surface area contributed by atoms with Gasteiger partial charge in [0.2, 0.25) is 0 Å². The van der Waals surface area contributed by atoms with Gasteiger partial charge in [0, 0.05) is 24.7 Å². The first-order valence-corrected chi connectivity index (χ1v) is 5.80. The number of nitrogens with two attached hydrogens (primary N) is 1. The normalized spacial score (nSPS) is 11.5. The molecule has 0 unspecified atom stereocenters. The molecule has 1 rings (SSSR count). The average molecular weight is 258 g/mol. The Hall–Kier alpha value is -1.36. The van der Waals surface area contributed by atoms with Gasteiger partial charge in [0.1, 0.15) is 5.82 Å². The van der Waals surface area contributed by atoms with Crippen LogP contribution in [0.1, 0.15) is 20.3 Å². The fraction of sp³-hybridized carbons (Fsp3) is 0.538. The van der Waals surface area contributed by atoms with Crippen molar-refractivity contribution in [3.8, 4) is 5.75 Å². The average Bonchev–Trinajstić information content (AvgIpc) is 2.30. The van der Waals surface area contributed by atoms with Crippen molar-refractivity contribution in [3.05, 3.63) is 23.8 Å². The van der Waals surface area contributed by atoms with E-state index >= 15 is 0 Å². The zero-order chi connectivity index (χ0) is 13.9. The summed E-state index contributed by atoms with van der Waals surface area (Å²) in [6.07, 6.45) is 0.677. The van der Waals surface area contributed by atoms with Crippen molar-refractivity contribution in [3.63, 3.8) is 0 Å². The predicted octanol–water partition coefficient (Wildman–Crippen LogP) is 2.54. The van der Waals surface area contributed by atoms with Crippen molar-refractivity contribution >= 4 is 5.69 Å². The topological polar surface area (TPSA) is 38.5 Å². The second-order valence-corrected chi connectivity index (χ2v) is 4.85. The Morgan fingerprint density at radius 2 is 1.89 bits per heavy atom. The summed E-state index contributed by atoms with van der Waals surface area (Å²) in [4.78, 5) is 1.69. The van der Waals surface area contributed by atoms with Crippen LogP contribution in [-0.4, -0.2) is 26.2 Å². The highest BCUT2D eigenvalue weighted by Gasteiger charge is 2.26. The van der Waals surface area contributed by atoms with Gasteiger partial charge in [0.15, 0.2) is 11.6 Å². The number of nitrogens with zero attached hydrogens (tertiary/aromatic N) is 1. The molecule has 102 valence electrons. The van der Waals surface area contributed by atoms with E-state index in [4.69, 9.17) is 10.5 Å². The molecular weight excluding hydrogens is 238 g/mol. The maximum absolute atomic E-state index is 13.9. The second-order valence-electron chi connectivity index (χ2n) is 4.85. The molecule has 0 atom stereocenters. The Labute approximate surface area is 107 Å². The third-order valence-electron chi connectivity index (χ3n) is 3.25. The van der Waals surface area contributed by atoms with Crippen molar-refractivity contribution in [1.29, 1.82) is 0 Å². The highest BCUT2D eigenvalue weighted by atomic mass is 19.1. The van der Waals surface area contributed by atoms with Crippen molar-refractivity contribution in [2.45, 2.75) is 25.8 Å². The van der Waals surface area contributed by atoms with E-state index in [0.717, 1.165) is 12.1 Å². The molecule has 3 nitrogen and oxygen atoms in total. The molecular formula is C13H20F2N2O. The van der Waals surface area contributed by atoms with Crippen molar-refractivity contribution in [2.24, 2.45) is 5.73 Å². The van der Waals surface area contributed by atoms with Crippen molar-refractivity contribution in [1.82, 2.24) is 0 Å². The Bertz CT molecular complexity index is 422. The summed E-state index contributed by atoms with van der Waals surface area (Å²) in [6.45, 7) is 4.35. The SMILES string of the molecule is COc1cc(F)c(N(C)C(C)(C)CCN)cc1F. The van der Waals surface area contributed by atoms with E-state index < -0.39 is 11.6 Å². The number of benzene rings is 1. The molecule has 0 aromatic heterocycles. The minimum absolute atomic E-state index is 0.0960. The second kappa shape index (κ2) is 5.52. The lowest BCUT2D eigenvalue weighted by molar-refractivity contribution is 0.381. The van der Waals surface area contributed by atoms with Gasteiger partial charge in [-0.05, 0) is 26.8 Å². The van der Waals surface area contributed by atoms with Crippen LogP contribution in [0, 0.1) is 11.6 Å². The molecule has 1 aromatic rings. The van der Waals surface area contributed by atoms with E-state index in [2.05, 4.69) is 0 Å². The molecule has 5 heteroatoms. The van der Waals surface area contributed by atoms with Crippen LogP contribution in [0.3, 0.4) is 0 Å². The Morgan fingerprint density at radius 3 is 2.39 bits per heavy atom. The van der Waals surface area contributed by atoms with Gasteiger partial charge in [0.25, 0.3) is 0 Å². The number of hydrogen-bond donors (Lipinski definition) is 1. The number of rotatable bonds is 5. The van der Waals surface area contributed by atoms with Gasteiger partial charge in [-0.3, -0.25) is 0 Å². The van der Waals surface area contributed by atoms with Crippen LogP contribution >= 0.6 is 0 Å². The number of anilines is 1. The van der Waals surface area contributed by atoms with Crippen LogP contribution in [-0.2, 0) is 0 Å². The molecule has 0 heterocycles. The summed E-state index contributed by atoms with van der Waals surface area (Å²) in [7, 11) is 3.03. The number of methoxy groups -OCH3 is 1. The fourth-order valence-corrected chi connectivity index (χ4v) is 1.78. The minimum Gasteiger partial charge on any atom is -0.494 e. The van der Waals surface area contributed by atoms with Crippen molar-refractivity contribution in [2.75, 3.05) is 25.6 Å². The zero-order valence-electron chi connectivity index (χ0n) is 11.3. The lowest BCUT2D eigenvalue weighted by Gasteiger charge is -2.37. The van der Waals surface area contributed by atoms with Gasteiger partial charge in [0.05, 0.1) is 12.8 Å². The van der Waals surface area contributed by atoms with E-state index in [-0.39, 0.29) is 17.0 Å². The quantitative estimate of drug-likeness (QED) is 0.882. The molecule has 0 fully saturated rings. The van der Waals surface area contributed by atoms with Crippen molar-refractivity contribution < 1.29 is 13.5 Å². The largest absolute Gasteiger partial charge is 0.494 e. The molecule has 2 N–H and O–H groups in total. The predicted molar refractivity (Wildman–Crippen MR) is 69.1 cm³/mol. The Kier molecular flexibility index (Phi) is 4.51. The summed E-state index contributed by atoms with van der Waals surface area (Å²) in [5.41, 5.74) is 5.38. The molecule has 18 heavy (non-hydrogen) atoms. The summed E-state index contributed by atoms with van der Waals surface area (Å²) in [5, 5.41) is 0. The lowest BCUT2D eigenvalue weighted by Crippen LogP contribution is -2.43. The standard InChI is InChI=1S/C13H20F2N2O/c1-13(2,5-6-16)17(3)11-7-10(15)12(18-4)8-9(11)14/h7-8H,5-6,16H2,1-4H3. The Balaban J connectivity index is 3.13. The number of hydrogen-bond acceptors (Lipinski definition) is 3. The maximum Gasteiger partial charge on any atom is 0.167 e. The van der Waals surface area contributed by atoms with Crippen LogP contribution in [0.2, 0.25) is 0 Å². The van der Waals surface area contributed by atoms with Crippen LogP contribution < -0.4 is 15.4 Å². The maximum atomic E-state index is 13.9. The first-order valence-electron chi connectivity index (χ1n) is 5.80. The number of halogens is 2. The van der Waals surface area contributed by atoms with Gasteiger partial charge in [-0.15, -0.1) is 0 Å². The third-order valence-corrected chi connectivity index (χ3v) is 3.25. The first kappa shape index (κ1) is 14.7. The molecule has 0 aliphatic heterocycles. The summed E-state index contributed by atoms with van der Waals surface area (Å²) >= 11 is 0. The van der Waals surface area contributed by atoms with Gasteiger partial charge in [-0.1, -0.05) is 0 Å². The van der Waals surface area contributed by atoms with Crippen LogP contribution in [0.4, 0.5) is 14.5 Å². The highest BCUT2D eigenvalue weighted by molar-refractivity contribution is 5.52. The summed E-state index contributed by atoms with van der Waals surface area (Å²) in [6, 6.07) is 2.20. The van der Waals surface area contributed by atoms with Gasteiger partial charge >= 0.3 is 0 Å². The van der Waals surface area contributed by atoms with Gasteiger partial charge < -0.3 is 15.4 Å². The molecule has 0 saturated heterocycles. The van der Waals surface area contributed by atoms with E-state index in [0.29, 0.717) is 13.0 Å². The van der Waals surface area contributed by atoms with Gasteiger partial charge in [-0.25, -0.2) is 8.78 Å². The van der Waals surface area contributed by atoms with E-state index in [1.54, 1.807) is 11.9 Å². The summed E-state index contributed by atoms with van der Waals surface area (Å²) < 4.78 is 32.3. The monoisotopic (exact) mass is 258 g/mol. The van der Waals surface area contributed by atoms with Gasteiger partial charge in [-0.2, -0.15) is 0 Å². The molecule has 1 aromatic carbocycles. The third kappa shape index (κ3) is 2.90. The highest BCUT2D eigenvalue weighted by Crippen LogP contribution is 2.31. The molecule has 0 spiro atoms. The fourth-order valence-electron chi connectivity index (χ4n) is 1.78. The molecule has 0 saturated carbocycles. The van der Waals surface area contributed by atoms with Crippen LogP contribution in [0.5, 0.6) is 5.75 Å². The van der Waals surface area contributed by atoms with E-state index in [1.165, 1.54) is 7.11 Å². The molecule has 0 bridgehead atoms. The molecule has 0 amide bonds. The lowest BCUT2D eigenvalue weighted by atomic mass is 9.98. The van der Waals surface area contributed by atoms with Crippen LogP contribution in [0.25, 0.3) is 0 Å². The zero-order valence-corrected chi connectivity index (χ0v) is 11.3. The van der Waals surface area contributed by atoms with E-state index in [1.807, 2.05) is 13.8 Å². The molecule has 0 aliphatic carbocycles. The molecule has 0 aliphatic rings. The smallest absolute Gasteiger partial charge is 0.167 e.